The van der Waals surface area contributed by atoms with E-state index >= 15 is 0 Å². The fourth-order valence-electron chi connectivity index (χ4n) is 2.50. The molecular formula is C19H17NO6. The number of ether oxygens (including phenoxy) is 4. The molecule has 0 aromatic heterocycles. The number of fused-ring (bicyclic) bond motifs is 1. The molecule has 0 aliphatic carbocycles. The highest BCUT2D eigenvalue weighted by Gasteiger charge is 2.28. The summed E-state index contributed by atoms with van der Waals surface area (Å²) >= 11 is 0. The van der Waals surface area contributed by atoms with Gasteiger partial charge in [0.15, 0.2) is 12.4 Å². The van der Waals surface area contributed by atoms with Crippen LogP contribution in [0.25, 0.3) is 6.08 Å². The molecule has 2 aromatic rings. The second kappa shape index (κ2) is 7.18. The number of benzene rings is 2. The van der Waals surface area contributed by atoms with Crippen LogP contribution in [0.1, 0.15) is 15.9 Å². The number of allylic oxidation sites excluding steroid dienone is 1. The number of primary amides is 1. The summed E-state index contributed by atoms with van der Waals surface area (Å²) in [5, 5.41) is 0. The molecule has 2 N–H and O–H groups in total. The topological polar surface area (TPSA) is 97.1 Å². The summed E-state index contributed by atoms with van der Waals surface area (Å²) in [6.07, 6.45) is 1.59. The largest absolute Gasteiger partial charge is 0.497 e. The van der Waals surface area contributed by atoms with Crippen molar-refractivity contribution in [3.63, 3.8) is 0 Å². The van der Waals surface area contributed by atoms with Gasteiger partial charge in [0.1, 0.15) is 23.0 Å². The number of nitrogens with two attached hydrogens (primary N) is 1. The minimum absolute atomic E-state index is 0.151. The number of carbonyl (C=O) groups is 2. The van der Waals surface area contributed by atoms with Gasteiger partial charge in [0.05, 0.1) is 19.8 Å². The van der Waals surface area contributed by atoms with Crippen molar-refractivity contribution in [2.75, 3.05) is 20.8 Å². The van der Waals surface area contributed by atoms with E-state index < -0.39 is 5.91 Å². The molecule has 0 spiro atoms. The quantitative estimate of drug-likeness (QED) is 0.798. The van der Waals surface area contributed by atoms with E-state index in [2.05, 4.69) is 0 Å². The summed E-state index contributed by atoms with van der Waals surface area (Å²) in [5.74, 6) is 1.25. The summed E-state index contributed by atoms with van der Waals surface area (Å²) in [5.41, 5.74) is 6.11. The molecule has 0 atom stereocenters. The van der Waals surface area contributed by atoms with E-state index in [1.54, 1.807) is 49.6 Å². The zero-order valence-electron chi connectivity index (χ0n) is 14.3. The summed E-state index contributed by atoms with van der Waals surface area (Å²) in [6, 6.07) is 9.95. The minimum atomic E-state index is -0.590. The fourth-order valence-corrected chi connectivity index (χ4v) is 2.50. The standard InChI is InChI=1S/C19H17NO6/c1-23-12-4-6-15(24-2)11(7-12)8-17-19(22)14-5-3-13(9-16(14)26-17)25-10-18(20)21/h3-9H,10H2,1-2H3,(H2,20,21)/b17-8+. The first-order chi connectivity index (χ1) is 12.5. The SMILES string of the molecule is COc1ccc(OC)c(/C=C2/Oc3cc(OCC(N)=O)ccc3C2=O)c1. The summed E-state index contributed by atoms with van der Waals surface area (Å²) in [7, 11) is 3.09. The Morgan fingerprint density at radius 2 is 1.88 bits per heavy atom. The zero-order chi connectivity index (χ0) is 18.7. The monoisotopic (exact) mass is 355 g/mol. The van der Waals surface area contributed by atoms with Gasteiger partial charge in [0, 0.05) is 11.6 Å². The lowest BCUT2D eigenvalue weighted by atomic mass is 10.1. The van der Waals surface area contributed by atoms with Crippen molar-refractivity contribution >= 4 is 17.8 Å². The molecule has 7 nitrogen and oxygen atoms in total. The summed E-state index contributed by atoms with van der Waals surface area (Å²) in [6.45, 7) is -0.254. The number of hydrogen-bond acceptors (Lipinski definition) is 6. The van der Waals surface area contributed by atoms with E-state index in [0.29, 0.717) is 34.1 Å². The van der Waals surface area contributed by atoms with E-state index in [1.165, 1.54) is 7.11 Å². The predicted octanol–water partition coefficient (Wildman–Crippen LogP) is 2.18. The smallest absolute Gasteiger partial charge is 0.255 e. The van der Waals surface area contributed by atoms with Gasteiger partial charge in [-0.15, -0.1) is 0 Å². The number of rotatable bonds is 6. The second-order valence-corrected chi connectivity index (χ2v) is 5.46. The highest BCUT2D eigenvalue weighted by atomic mass is 16.5. The van der Waals surface area contributed by atoms with Gasteiger partial charge in [0.25, 0.3) is 5.91 Å². The Labute approximate surface area is 149 Å². The molecule has 0 unspecified atom stereocenters. The van der Waals surface area contributed by atoms with E-state index in [1.807, 2.05) is 0 Å². The first kappa shape index (κ1) is 17.3. The van der Waals surface area contributed by atoms with Crippen LogP contribution in [0.15, 0.2) is 42.2 Å². The molecule has 134 valence electrons. The van der Waals surface area contributed by atoms with Crippen LogP contribution in [0.2, 0.25) is 0 Å². The van der Waals surface area contributed by atoms with E-state index in [9.17, 15) is 9.59 Å². The van der Waals surface area contributed by atoms with E-state index in [4.69, 9.17) is 24.7 Å². The van der Waals surface area contributed by atoms with Gasteiger partial charge in [-0.3, -0.25) is 9.59 Å². The second-order valence-electron chi connectivity index (χ2n) is 5.46. The van der Waals surface area contributed by atoms with E-state index in [-0.39, 0.29) is 18.1 Å². The number of hydrogen-bond donors (Lipinski definition) is 1. The van der Waals surface area contributed by atoms with Gasteiger partial charge in [0.2, 0.25) is 5.78 Å². The van der Waals surface area contributed by atoms with Crippen LogP contribution in [0.3, 0.4) is 0 Å². The maximum Gasteiger partial charge on any atom is 0.255 e. The molecule has 0 radical (unpaired) electrons. The minimum Gasteiger partial charge on any atom is -0.497 e. The van der Waals surface area contributed by atoms with Gasteiger partial charge < -0.3 is 24.7 Å². The van der Waals surface area contributed by atoms with Crippen molar-refractivity contribution in [2.24, 2.45) is 5.73 Å². The first-order valence-electron chi connectivity index (χ1n) is 7.73. The average molecular weight is 355 g/mol. The van der Waals surface area contributed by atoms with Crippen molar-refractivity contribution in [1.82, 2.24) is 0 Å². The number of ketones is 1. The molecule has 1 heterocycles. The molecule has 0 bridgehead atoms. The van der Waals surface area contributed by atoms with Crippen LogP contribution in [0.5, 0.6) is 23.0 Å². The highest BCUT2D eigenvalue weighted by Crippen LogP contribution is 2.36. The van der Waals surface area contributed by atoms with Crippen LogP contribution >= 0.6 is 0 Å². The van der Waals surface area contributed by atoms with Gasteiger partial charge in [-0.2, -0.15) is 0 Å². The number of methoxy groups -OCH3 is 2. The molecule has 0 saturated heterocycles. The van der Waals surface area contributed by atoms with Crippen molar-refractivity contribution in [3.8, 4) is 23.0 Å². The van der Waals surface area contributed by atoms with Gasteiger partial charge in [-0.1, -0.05) is 0 Å². The molecule has 0 saturated carbocycles. The van der Waals surface area contributed by atoms with Crippen molar-refractivity contribution in [2.45, 2.75) is 0 Å². The third-order valence-electron chi connectivity index (χ3n) is 3.75. The summed E-state index contributed by atoms with van der Waals surface area (Å²) < 4.78 is 21.4. The maximum atomic E-state index is 12.6. The van der Waals surface area contributed by atoms with Crippen molar-refractivity contribution in [1.29, 1.82) is 0 Å². The Hall–Kier alpha value is -3.48. The average Bonchev–Trinajstić information content (AvgIpc) is 2.95. The Kier molecular flexibility index (Phi) is 4.79. The Balaban J connectivity index is 1.90. The van der Waals surface area contributed by atoms with Crippen LogP contribution in [0.4, 0.5) is 0 Å². The normalized spacial score (nSPS) is 13.9. The lowest BCUT2D eigenvalue weighted by Crippen LogP contribution is -2.19. The zero-order valence-corrected chi connectivity index (χ0v) is 14.3. The Morgan fingerprint density at radius 1 is 1.12 bits per heavy atom. The Bertz CT molecular complexity index is 903. The summed E-state index contributed by atoms with van der Waals surface area (Å²) in [4.78, 5) is 23.4. The third-order valence-corrected chi connectivity index (χ3v) is 3.75. The lowest BCUT2D eigenvalue weighted by molar-refractivity contribution is -0.119. The molecule has 0 fully saturated rings. The molecule has 2 aromatic carbocycles. The highest BCUT2D eigenvalue weighted by molar-refractivity contribution is 6.14. The van der Waals surface area contributed by atoms with Gasteiger partial charge in [-0.05, 0) is 36.4 Å². The molecule has 3 rings (SSSR count). The van der Waals surface area contributed by atoms with Crippen molar-refractivity contribution in [3.05, 3.63) is 53.3 Å². The van der Waals surface area contributed by atoms with Crippen molar-refractivity contribution < 1.29 is 28.5 Å². The molecular weight excluding hydrogens is 338 g/mol. The lowest BCUT2D eigenvalue weighted by Gasteiger charge is -2.08. The number of carbonyl (C=O) groups excluding carboxylic acids is 2. The molecule has 26 heavy (non-hydrogen) atoms. The van der Waals surface area contributed by atoms with Crippen LogP contribution in [-0.4, -0.2) is 32.5 Å². The maximum absolute atomic E-state index is 12.6. The first-order valence-corrected chi connectivity index (χ1v) is 7.73. The molecule has 1 aliphatic heterocycles. The van der Waals surface area contributed by atoms with Crippen LogP contribution in [0, 0.1) is 0 Å². The van der Waals surface area contributed by atoms with Gasteiger partial charge >= 0.3 is 0 Å². The van der Waals surface area contributed by atoms with Crippen LogP contribution < -0.4 is 24.7 Å². The number of Topliss-reactive ketones (excluding diaryl/α,β-unsaturated/α-hetero) is 1. The van der Waals surface area contributed by atoms with Crippen LogP contribution in [-0.2, 0) is 4.79 Å². The van der Waals surface area contributed by atoms with Gasteiger partial charge in [-0.25, -0.2) is 0 Å². The fraction of sp³-hybridized carbons (Fsp3) is 0.158. The molecule has 7 heteroatoms. The Morgan fingerprint density at radius 3 is 2.58 bits per heavy atom. The predicted molar refractivity (Wildman–Crippen MR) is 93.6 cm³/mol. The molecule has 1 aliphatic rings. The van der Waals surface area contributed by atoms with E-state index in [0.717, 1.165) is 0 Å². The molecule has 1 amide bonds. The third kappa shape index (κ3) is 3.46. The number of amides is 1.